The smallest absolute Gasteiger partial charge is 0.409 e. The Morgan fingerprint density at radius 1 is 1.03 bits per heavy atom. The molecule has 1 fully saturated rings. The van der Waals surface area contributed by atoms with Crippen molar-refractivity contribution >= 4 is 22.8 Å². The van der Waals surface area contributed by atoms with Crippen molar-refractivity contribution in [3.05, 3.63) is 47.5 Å². The molecule has 0 unspecified atom stereocenters. The van der Waals surface area contributed by atoms with E-state index in [0.717, 1.165) is 27.8 Å². The van der Waals surface area contributed by atoms with Crippen LogP contribution in [0.1, 0.15) is 44.7 Å². The molecule has 1 aromatic heterocycles. The molecule has 4 rings (SSSR count). The number of hydrogen-bond donors (Lipinski definition) is 1. The van der Waals surface area contributed by atoms with Crippen LogP contribution in [0.15, 0.2) is 36.4 Å². The van der Waals surface area contributed by atoms with Crippen LogP contribution in [-0.2, 0) is 4.74 Å². The lowest BCUT2D eigenvalue weighted by Crippen LogP contribution is -2.49. The quantitative estimate of drug-likeness (QED) is 0.551. The van der Waals surface area contributed by atoms with Gasteiger partial charge in [-0.2, -0.15) is 0 Å². The van der Waals surface area contributed by atoms with Crippen LogP contribution in [0, 0.1) is 12.8 Å². The SMILES string of the molecule is Cc1ccc2c(N3CCN(C(=O)OCC(C)C)CC3)nc(-c3cc(C(C)C)ccc3O)nc2c1. The Bertz CT molecular complexity index is 1180. The second kappa shape index (κ2) is 9.87. The molecular weight excluding hydrogens is 428 g/mol. The van der Waals surface area contributed by atoms with Crippen LogP contribution in [0.5, 0.6) is 5.75 Å². The number of benzene rings is 2. The number of rotatable bonds is 5. The third-order valence-electron chi connectivity index (χ3n) is 6.14. The van der Waals surface area contributed by atoms with Gasteiger partial charge in [0.1, 0.15) is 11.6 Å². The number of phenolic OH excluding ortho intramolecular Hbond substituents is 1. The number of nitrogens with zero attached hydrogens (tertiary/aromatic N) is 4. The summed E-state index contributed by atoms with van der Waals surface area (Å²) in [6.45, 7) is 13.2. The van der Waals surface area contributed by atoms with E-state index in [4.69, 9.17) is 14.7 Å². The Labute approximate surface area is 201 Å². The minimum Gasteiger partial charge on any atom is -0.507 e. The van der Waals surface area contributed by atoms with Gasteiger partial charge in [0.25, 0.3) is 0 Å². The van der Waals surface area contributed by atoms with Gasteiger partial charge in [0.2, 0.25) is 0 Å². The molecule has 0 radical (unpaired) electrons. The van der Waals surface area contributed by atoms with Crippen molar-refractivity contribution in [2.45, 2.75) is 40.5 Å². The average molecular weight is 463 g/mol. The summed E-state index contributed by atoms with van der Waals surface area (Å²) in [6, 6.07) is 11.8. The molecule has 34 heavy (non-hydrogen) atoms. The molecule has 0 spiro atoms. The zero-order valence-corrected chi connectivity index (χ0v) is 20.7. The predicted molar refractivity (Wildman–Crippen MR) is 135 cm³/mol. The van der Waals surface area contributed by atoms with Crippen LogP contribution in [0.4, 0.5) is 10.6 Å². The van der Waals surface area contributed by atoms with E-state index in [1.165, 1.54) is 0 Å². The van der Waals surface area contributed by atoms with Crippen LogP contribution >= 0.6 is 0 Å². The second-order valence-electron chi connectivity index (χ2n) is 9.77. The molecule has 1 aliphatic rings. The number of aromatic hydroxyl groups is 1. The van der Waals surface area contributed by atoms with E-state index in [2.05, 4.69) is 30.9 Å². The molecular formula is C27H34N4O3. The largest absolute Gasteiger partial charge is 0.507 e. The summed E-state index contributed by atoms with van der Waals surface area (Å²) in [5.74, 6) is 2.13. The Morgan fingerprint density at radius 3 is 2.44 bits per heavy atom. The highest BCUT2D eigenvalue weighted by Crippen LogP contribution is 2.34. The summed E-state index contributed by atoms with van der Waals surface area (Å²) in [6.07, 6.45) is -0.257. The number of amides is 1. The zero-order chi connectivity index (χ0) is 24.4. The number of piperazine rings is 1. The van der Waals surface area contributed by atoms with Gasteiger partial charge in [-0.15, -0.1) is 0 Å². The first kappa shape index (κ1) is 23.8. The first-order valence-electron chi connectivity index (χ1n) is 12.0. The summed E-state index contributed by atoms with van der Waals surface area (Å²) in [7, 11) is 0. The molecule has 0 atom stereocenters. The van der Waals surface area contributed by atoms with Gasteiger partial charge in [-0.1, -0.05) is 39.8 Å². The van der Waals surface area contributed by atoms with E-state index < -0.39 is 0 Å². The zero-order valence-electron chi connectivity index (χ0n) is 20.7. The highest BCUT2D eigenvalue weighted by molar-refractivity contribution is 5.92. The Kier molecular flexibility index (Phi) is 6.91. The third kappa shape index (κ3) is 5.08. The molecule has 1 aliphatic heterocycles. The van der Waals surface area contributed by atoms with E-state index in [0.29, 0.717) is 56.0 Å². The molecule has 1 saturated heterocycles. The number of aryl methyl sites for hydroxylation is 1. The van der Waals surface area contributed by atoms with Crippen LogP contribution in [0.2, 0.25) is 0 Å². The average Bonchev–Trinajstić information content (AvgIpc) is 2.81. The van der Waals surface area contributed by atoms with Crippen LogP contribution < -0.4 is 4.90 Å². The maximum absolute atomic E-state index is 12.4. The Balaban J connectivity index is 1.67. The Morgan fingerprint density at radius 2 is 1.76 bits per heavy atom. The van der Waals surface area contributed by atoms with Gasteiger partial charge in [0.05, 0.1) is 17.7 Å². The van der Waals surface area contributed by atoms with Crippen molar-refractivity contribution in [2.24, 2.45) is 5.92 Å². The summed E-state index contributed by atoms with van der Waals surface area (Å²) >= 11 is 0. The summed E-state index contributed by atoms with van der Waals surface area (Å²) in [5.41, 5.74) is 3.71. The van der Waals surface area contributed by atoms with Crippen molar-refractivity contribution in [3.8, 4) is 17.1 Å². The second-order valence-corrected chi connectivity index (χ2v) is 9.77. The van der Waals surface area contributed by atoms with Crippen molar-refractivity contribution in [1.29, 1.82) is 0 Å². The van der Waals surface area contributed by atoms with Gasteiger partial charge >= 0.3 is 6.09 Å². The predicted octanol–water partition coefficient (Wildman–Crippen LogP) is 5.35. The third-order valence-corrected chi connectivity index (χ3v) is 6.14. The van der Waals surface area contributed by atoms with E-state index >= 15 is 0 Å². The number of phenols is 1. The highest BCUT2D eigenvalue weighted by atomic mass is 16.6. The highest BCUT2D eigenvalue weighted by Gasteiger charge is 2.25. The van der Waals surface area contributed by atoms with E-state index in [1.54, 1.807) is 11.0 Å². The normalized spacial score (nSPS) is 14.3. The van der Waals surface area contributed by atoms with E-state index in [-0.39, 0.29) is 11.8 Å². The fourth-order valence-corrected chi connectivity index (χ4v) is 4.11. The first-order chi connectivity index (χ1) is 16.2. The number of fused-ring (bicyclic) bond motifs is 1. The van der Waals surface area contributed by atoms with Gasteiger partial charge in [0, 0.05) is 31.6 Å². The van der Waals surface area contributed by atoms with Gasteiger partial charge in [-0.05, 0) is 54.2 Å². The van der Waals surface area contributed by atoms with Gasteiger partial charge in [-0.3, -0.25) is 0 Å². The molecule has 2 aromatic carbocycles. The topological polar surface area (TPSA) is 78.8 Å². The maximum Gasteiger partial charge on any atom is 0.409 e. The lowest BCUT2D eigenvalue weighted by Gasteiger charge is -2.35. The molecule has 1 amide bonds. The number of anilines is 1. The van der Waals surface area contributed by atoms with E-state index in [9.17, 15) is 9.90 Å². The lowest BCUT2D eigenvalue weighted by atomic mass is 10.00. The standard InChI is InChI=1S/C27H34N4O3/c1-17(2)16-34-27(33)31-12-10-30(11-13-31)26-21-8-6-19(5)14-23(21)28-25(29-26)22-15-20(18(3)4)7-9-24(22)32/h6-9,14-15,17-18,32H,10-13,16H2,1-5H3. The maximum atomic E-state index is 12.4. The van der Waals surface area contributed by atoms with Crippen LogP contribution in [0.3, 0.4) is 0 Å². The fourth-order valence-electron chi connectivity index (χ4n) is 4.11. The molecule has 0 bridgehead atoms. The molecule has 7 heteroatoms. The molecule has 3 aromatic rings. The molecule has 1 N–H and O–H groups in total. The molecule has 180 valence electrons. The summed E-state index contributed by atoms with van der Waals surface area (Å²) in [4.78, 5) is 26.1. The molecule has 7 nitrogen and oxygen atoms in total. The van der Waals surface area contributed by atoms with Crippen molar-refractivity contribution in [3.63, 3.8) is 0 Å². The van der Waals surface area contributed by atoms with Gasteiger partial charge < -0.3 is 19.6 Å². The van der Waals surface area contributed by atoms with Crippen molar-refractivity contribution in [1.82, 2.24) is 14.9 Å². The monoisotopic (exact) mass is 462 g/mol. The number of hydrogen-bond acceptors (Lipinski definition) is 6. The lowest BCUT2D eigenvalue weighted by molar-refractivity contribution is 0.0901. The molecule has 0 saturated carbocycles. The van der Waals surface area contributed by atoms with Crippen molar-refractivity contribution < 1.29 is 14.6 Å². The van der Waals surface area contributed by atoms with Crippen molar-refractivity contribution in [2.75, 3.05) is 37.7 Å². The number of carbonyl (C=O) groups excluding carboxylic acids is 1. The summed E-state index contributed by atoms with van der Waals surface area (Å²) < 4.78 is 5.40. The van der Waals surface area contributed by atoms with Crippen LogP contribution in [0.25, 0.3) is 22.3 Å². The van der Waals surface area contributed by atoms with E-state index in [1.807, 2.05) is 39.0 Å². The minimum absolute atomic E-state index is 0.167. The number of carbonyl (C=O) groups is 1. The fraction of sp³-hybridized carbons (Fsp3) is 0.444. The number of ether oxygens (including phenoxy) is 1. The Hall–Kier alpha value is -3.35. The minimum atomic E-state index is -0.257. The first-order valence-corrected chi connectivity index (χ1v) is 12.0. The molecule has 0 aliphatic carbocycles. The molecule has 2 heterocycles. The number of aromatic nitrogens is 2. The summed E-state index contributed by atoms with van der Waals surface area (Å²) in [5, 5.41) is 11.6. The van der Waals surface area contributed by atoms with Gasteiger partial charge in [0.15, 0.2) is 5.82 Å². The van der Waals surface area contributed by atoms with Gasteiger partial charge in [-0.25, -0.2) is 14.8 Å². The van der Waals surface area contributed by atoms with Crippen LogP contribution in [-0.4, -0.2) is 58.9 Å².